The minimum absolute atomic E-state index is 0.828. The van der Waals surface area contributed by atoms with Crippen molar-refractivity contribution in [3.05, 3.63) is 23.3 Å². The van der Waals surface area contributed by atoms with Gasteiger partial charge in [-0.1, -0.05) is 42.5 Å². The predicted molar refractivity (Wildman–Crippen MR) is 74.6 cm³/mol. The summed E-state index contributed by atoms with van der Waals surface area (Å²) in [4.78, 5) is 0. The number of allylic oxidation sites excluding steroid dienone is 3. The van der Waals surface area contributed by atoms with Gasteiger partial charge < -0.3 is 0 Å². The third-order valence-corrected chi connectivity index (χ3v) is 4.28. The molecule has 0 aromatic heterocycles. The van der Waals surface area contributed by atoms with Gasteiger partial charge in [0.2, 0.25) is 0 Å². The SMILES string of the molecule is BC1CC(=C)CC/C(=C2\CCCC(C)C2)C1. The molecule has 0 aliphatic heterocycles. The summed E-state index contributed by atoms with van der Waals surface area (Å²) in [6, 6.07) is 0. The van der Waals surface area contributed by atoms with E-state index in [0.29, 0.717) is 0 Å². The van der Waals surface area contributed by atoms with Crippen LogP contribution < -0.4 is 0 Å². The second-order valence-electron chi connectivity index (χ2n) is 6.17. The van der Waals surface area contributed by atoms with Crippen LogP contribution in [0.3, 0.4) is 0 Å². The van der Waals surface area contributed by atoms with Crippen molar-refractivity contribution in [1.29, 1.82) is 0 Å². The monoisotopic (exact) mass is 216 g/mol. The van der Waals surface area contributed by atoms with Crippen LogP contribution in [-0.4, -0.2) is 7.85 Å². The summed E-state index contributed by atoms with van der Waals surface area (Å²) in [5.74, 6) is 1.76. The second-order valence-corrected chi connectivity index (χ2v) is 6.17. The maximum atomic E-state index is 4.20. The highest BCUT2D eigenvalue weighted by molar-refractivity contribution is 6.12. The lowest BCUT2D eigenvalue weighted by atomic mass is 9.76. The summed E-state index contributed by atoms with van der Waals surface area (Å²) < 4.78 is 0. The van der Waals surface area contributed by atoms with Gasteiger partial charge in [0.25, 0.3) is 0 Å². The van der Waals surface area contributed by atoms with Crippen LogP contribution in [0.2, 0.25) is 5.82 Å². The Morgan fingerprint density at radius 2 is 1.81 bits per heavy atom. The lowest BCUT2D eigenvalue weighted by molar-refractivity contribution is 0.447. The molecular formula is C15H25B. The zero-order chi connectivity index (χ0) is 11.5. The smallest absolute Gasteiger partial charge is 0.0999 e. The van der Waals surface area contributed by atoms with Crippen LogP contribution in [-0.2, 0) is 0 Å². The van der Waals surface area contributed by atoms with Gasteiger partial charge in [-0.25, -0.2) is 0 Å². The van der Waals surface area contributed by atoms with Gasteiger partial charge in [0.15, 0.2) is 0 Å². The average Bonchev–Trinajstić information content (AvgIpc) is 2.39. The first kappa shape index (κ1) is 12.0. The third-order valence-electron chi connectivity index (χ3n) is 4.28. The Kier molecular flexibility index (Phi) is 3.94. The van der Waals surface area contributed by atoms with Crippen LogP contribution in [0.15, 0.2) is 23.3 Å². The highest BCUT2D eigenvalue weighted by Gasteiger charge is 2.20. The van der Waals surface area contributed by atoms with E-state index in [9.17, 15) is 0 Å². The van der Waals surface area contributed by atoms with Crippen molar-refractivity contribution >= 4 is 7.85 Å². The van der Waals surface area contributed by atoms with Crippen molar-refractivity contribution in [2.45, 2.75) is 64.1 Å². The molecule has 0 bridgehead atoms. The molecule has 0 amide bonds. The Bertz CT molecular complexity index is 301. The molecule has 0 saturated heterocycles. The first-order valence-electron chi connectivity index (χ1n) is 7.01. The van der Waals surface area contributed by atoms with Crippen molar-refractivity contribution < 1.29 is 0 Å². The number of hydrogen-bond acceptors (Lipinski definition) is 0. The van der Waals surface area contributed by atoms with Crippen molar-refractivity contribution in [1.82, 2.24) is 0 Å². The molecule has 0 radical (unpaired) electrons. The van der Waals surface area contributed by atoms with Crippen LogP contribution in [0.5, 0.6) is 0 Å². The van der Waals surface area contributed by atoms with E-state index in [4.69, 9.17) is 0 Å². The van der Waals surface area contributed by atoms with E-state index in [-0.39, 0.29) is 0 Å². The van der Waals surface area contributed by atoms with Gasteiger partial charge in [-0.2, -0.15) is 0 Å². The van der Waals surface area contributed by atoms with E-state index in [1.165, 1.54) is 56.9 Å². The fourth-order valence-corrected chi connectivity index (χ4v) is 3.45. The lowest BCUT2D eigenvalue weighted by Gasteiger charge is -2.24. The summed E-state index contributed by atoms with van der Waals surface area (Å²) in [7, 11) is 2.39. The van der Waals surface area contributed by atoms with Gasteiger partial charge in [0.05, 0.1) is 0 Å². The number of hydrogen-bond donors (Lipinski definition) is 0. The predicted octanol–water partition coefficient (Wildman–Crippen LogP) is 4.04. The molecule has 88 valence electrons. The van der Waals surface area contributed by atoms with Gasteiger partial charge in [-0.15, -0.1) is 0 Å². The Labute approximate surface area is 102 Å². The van der Waals surface area contributed by atoms with Gasteiger partial charge >= 0.3 is 0 Å². The van der Waals surface area contributed by atoms with Crippen LogP contribution in [0.1, 0.15) is 58.3 Å². The molecule has 0 aromatic carbocycles. The van der Waals surface area contributed by atoms with Crippen molar-refractivity contribution in [3.63, 3.8) is 0 Å². The first-order valence-corrected chi connectivity index (χ1v) is 7.01. The molecule has 0 spiro atoms. The van der Waals surface area contributed by atoms with Crippen LogP contribution in [0, 0.1) is 5.92 Å². The lowest BCUT2D eigenvalue weighted by Crippen LogP contribution is -2.07. The fourth-order valence-electron chi connectivity index (χ4n) is 3.45. The van der Waals surface area contributed by atoms with Crippen LogP contribution >= 0.6 is 0 Å². The van der Waals surface area contributed by atoms with E-state index in [0.717, 1.165) is 11.7 Å². The molecular weight excluding hydrogens is 191 g/mol. The minimum Gasteiger partial charge on any atom is -0.0999 e. The topological polar surface area (TPSA) is 0 Å². The van der Waals surface area contributed by atoms with Gasteiger partial charge in [-0.3, -0.25) is 0 Å². The van der Waals surface area contributed by atoms with E-state index >= 15 is 0 Å². The molecule has 2 saturated carbocycles. The quantitative estimate of drug-likeness (QED) is 0.325. The van der Waals surface area contributed by atoms with E-state index in [2.05, 4.69) is 21.3 Å². The summed E-state index contributed by atoms with van der Waals surface area (Å²) in [6.07, 6.45) is 10.8. The average molecular weight is 216 g/mol. The van der Waals surface area contributed by atoms with Gasteiger partial charge in [0, 0.05) is 0 Å². The van der Waals surface area contributed by atoms with Gasteiger partial charge in [0.1, 0.15) is 7.85 Å². The molecule has 2 atom stereocenters. The standard InChI is InChI=1S/C15H25B/c1-11-4-3-5-13(8-11)14-7-6-12(2)9-15(16)10-14/h11,15H,2-10,16H2,1H3/b14-13-. The molecule has 2 aliphatic rings. The normalized spacial score (nSPS) is 37.2. The van der Waals surface area contributed by atoms with Crippen molar-refractivity contribution in [3.8, 4) is 0 Å². The molecule has 0 aromatic rings. The molecule has 2 rings (SSSR count). The van der Waals surface area contributed by atoms with E-state index in [1.807, 2.05) is 5.57 Å². The molecule has 0 N–H and O–H groups in total. The number of rotatable bonds is 0. The van der Waals surface area contributed by atoms with Crippen molar-refractivity contribution in [2.75, 3.05) is 0 Å². The Morgan fingerprint density at radius 1 is 1.06 bits per heavy atom. The maximum Gasteiger partial charge on any atom is 0.106 e. The molecule has 0 nitrogen and oxygen atoms in total. The molecule has 2 unspecified atom stereocenters. The Morgan fingerprint density at radius 3 is 2.56 bits per heavy atom. The zero-order valence-electron chi connectivity index (χ0n) is 11.0. The van der Waals surface area contributed by atoms with Crippen LogP contribution in [0.4, 0.5) is 0 Å². The highest BCUT2D eigenvalue weighted by Crippen LogP contribution is 2.38. The summed E-state index contributed by atoms with van der Waals surface area (Å²) in [5, 5.41) is 0. The first-order chi connectivity index (χ1) is 7.65. The van der Waals surface area contributed by atoms with E-state index in [1.54, 1.807) is 5.57 Å². The molecule has 2 aliphatic carbocycles. The van der Waals surface area contributed by atoms with Crippen LogP contribution in [0.25, 0.3) is 0 Å². The third kappa shape index (κ3) is 3.03. The maximum absolute atomic E-state index is 4.20. The molecule has 2 fully saturated rings. The highest BCUT2D eigenvalue weighted by atomic mass is 14.2. The molecule has 0 heterocycles. The fraction of sp³-hybridized carbons (Fsp3) is 0.733. The summed E-state index contributed by atoms with van der Waals surface area (Å²) >= 11 is 0. The summed E-state index contributed by atoms with van der Waals surface area (Å²) in [5.41, 5.74) is 5.10. The molecule has 1 heteroatoms. The summed E-state index contributed by atoms with van der Waals surface area (Å²) in [6.45, 7) is 6.61. The van der Waals surface area contributed by atoms with Crippen molar-refractivity contribution in [2.24, 2.45) is 5.92 Å². The second kappa shape index (κ2) is 5.25. The zero-order valence-corrected chi connectivity index (χ0v) is 11.0. The Balaban J connectivity index is 2.11. The minimum atomic E-state index is 0.828. The Hall–Kier alpha value is -0.455. The molecule has 16 heavy (non-hydrogen) atoms. The largest absolute Gasteiger partial charge is 0.106 e. The van der Waals surface area contributed by atoms with Gasteiger partial charge in [-0.05, 0) is 50.9 Å². The van der Waals surface area contributed by atoms with E-state index < -0.39 is 0 Å².